The molecule has 0 bridgehead atoms. The molecule has 7 nitrogen and oxygen atoms in total. The predicted molar refractivity (Wildman–Crippen MR) is 98.9 cm³/mol. The van der Waals surface area contributed by atoms with Gasteiger partial charge in [0.1, 0.15) is 0 Å². The minimum atomic E-state index is -0.451. The molecule has 1 aliphatic rings. The molecule has 0 saturated carbocycles. The highest BCUT2D eigenvalue weighted by atomic mass is 32.2. The monoisotopic (exact) mass is 356 g/mol. The largest absolute Gasteiger partial charge is 0.330 e. The quantitative estimate of drug-likeness (QED) is 0.822. The zero-order valence-corrected chi connectivity index (χ0v) is 14.8. The predicted octanol–water partition coefficient (Wildman–Crippen LogP) is 1.28. The van der Waals surface area contributed by atoms with Crippen LogP contribution in [-0.4, -0.2) is 20.2 Å². The number of thioether (sulfide) groups is 1. The summed E-state index contributed by atoms with van der Waals surface area (Å²) in [6.07, 6.45) is 2.89. The van der Waals surface area contributed by atoms with E-state index in [-0.39, 0.29) is 11.5 Å². The van der Waals surface area contributed by atoms with E-state index in [9.17, 15) is 14.4 Å². The molecule has 0 radical (unpaired) electrons. The summed E-state index contributed by atoms with van der Waals surface area (Å²) in [6, 6.07) is 7.60. The summed E-state index contributed by atoms with van der Waals surface area (Å²) in [7, 11) is 2.95. The van der Waals surface area contributed by atoms with Crippen molar-refractivity contribution in [1.29, 1.82) is 0 Å². The summed E-state index contributed by atoms with van der Waals surface area (Å²) in [4.78, 5) is 40.8. The highest BCUT2D eigenvalue weighted by Gasteiger charge is 2.24. The second-order valence-corrected chi connectivity index (χ2v) is 6.69. The molecule has 8 heteroatoms. The number of amides is 1. The topological polar surface area (TPSA) is 85.5 Å². The third-order valence-corrected chi connectivity index (χ3v) is 4.55. The van der Waals surface area contributed by atoms with E-state index in [1.54, 1.807) is 7.05 Å². The first-order chi connectivity index (χ1) is 11.8. The van der Waals surface area contributed by atoms with Gasteiger partial charge in [-0.25, -0.2) is 9.79 Å². The lowest BCUT2D eigenvalue weighted by molar-refractivity contribution is -0.115. The molecule has 1 N–H and O–H groups in total. The van der Waals surface area contributed by atoms with E-state index < -0.39 is 11.2 Å². The van der Waals surface area contributed by atoms with E-state index in [1.807, 2.05) is 31.2 Å². The van der Waals surface area contributed by atoms with Crippen LogP contribution in [0.25, 0.3) is 6.08 Å². The number of amidine groups is 1. The van der Waals surface area contributed by atoms with Crippen LogP contribution < -0.4 is 16.6 Å². The fourth-order valence-electron chi connectivity index (χ4n) is 2.37. The van der Waals surface area contributed by atoms with Crippen LogP contribution in [0, 0.1) is 6.92 Å². The van der Waals surface area contributed by atoms with Crippen molar-refractivity contribution in [3.05, 3.63) is 67.3 Å². The minimum absolute atomic E-state index is 0.263. The summed E-state index contributed by atoms with van der Waals surface area (Å²) in [6.45, 7) is 1.96. The van der Waals surface area contributed by atoms with Crippen molar-refractivity contribution in [2.24, 2.45) is 19.1 Å². The first kappa shape index (κ1) is 17.0. The van der Waals surface area contributed by atoms with Gasteiger partial charge in [0.15, 0.2) is 5.17 Å². The number of aliphatic imine (C=N–C) groups is 1. The molecule has 1 saturated heterocycles. The lowest BCUT2D eigenvalue weighted by atomic mass is 10.2. The molecule has 0 aliphatic carbocycles. The molecule has 0 atom stereocenters. The van der Waals surface area contributed by atoms with Gasteiger partial charge in [-0.05, 0) is 42.5 Å². The van der Waals surface area contributed by atoms with Crippen LogP contribution in [-0.2, 0) is 18.9 Å². The minimum Gasteiger partial charge on any atom is -0.303 e. The Bertz CT molecular complexity index is 1050. The van der Waals surface area contributed by atoms with Crippen LogP contribution in [0.1, 0.15) is 11.1 Å². The number of carbonyl (C=O) groups is 1. The Morgan fingerprint density at radius 1 is 1.20 bits per heavy atom. The Kier molecular flexibility index (Phi) is 4.45. The van der Waals surface area contributed by atoms with Crippen LogP contribution in [0.15, 0.2) is 49.9 Å². The molecular formula is C17H16N4O3S. The Balaban J connectivity index is 1.95. The van der Waals surface area contributed by atoms with E-state index in [0.717, 1.165) is 27.6 Å². The molecule has 0 spiro atoms. The number of hydrogen-bond acceptors (Lipinski definition) is 5. The van der Waals surface area contributed by atoms with Gasteiger partial charge in [0.25, 0.3) is 11.5 Å². The van der Waals surface area contributed by atoms with Crippen molar-refractivity contribution in [2.45, 2.75) is 6.92 Å². The maximum absolute atomic E-state index is 12.2. The van der Waals surface area contributed by atoms with E-state index in [1.165, 1.54) is 23.9 Å². The number of aromatic nitrogens is 2. The second kappa shape index (κ2) is 6.56. The Morgan fingerprint density at radius 2 is 1.96 bits per heavy atom. The fourth-order valence-corrected chi connectivity index (χ4v) is 3.20. The Hall–Kier alpha value is -2.87. The molecule has 1 fully saturated rings. The summed E-state index contributed by atoms with van der Waals surface area (Å²) in [5, 5.41) is 3.13. The summed E-state index contributed by atoms with van der Waals surface area (Å²) >= 11 is 1.15. The number of nitrogens with zero attached hydrogens (tertiary/aromatic N) is 3. The van der Waals surface area contributed by atoms with Gasteiger partial charge in [0, 0.05) is 20.3 Å². The second-order valence-electron chi connectivity index (χ2n) is 5.66. The molecule has 0 unspecified atom stereocenters. The van der Waals surface area contributed by atoms with Crippen molar-refractivity contribution in [3.63, 3.8) is 0 Å². The maximum atomic E-state index is 12.2. The third kappa shape index (κ3) is 3.48. The van der Waals surface area contributed by atoms with Crippen molar-refractivity contribution in [2.75, 3.05) is 0 Å². The van der Waals surface area contributed by atoms with Gasteiger partial charge in [-0.3, -0.25) is 14.2 Å². The van der Waals surface area contributed by atoms with Gasteiger partial charge in [0.2, 0.25) is 0 Å². The lowest BCUT2D eigenvalue weighted by Crippen LogP contribution is -2.37. The zero-order valence-electron chi connectivity index (χ0n) is 13.9. The highest BCUT2D eigenvalue weighted by Crippen LogP contribution is 2.27. The molecule has 2 heterocycles. The van der Waals surface area contributed by atoms with Crippen LogP contribution in [0.5, 0.6) is 0 Å². The number of hydrogen-bond donors (Lipinski definition) is 1. The summed E-state index contributed by atoms with van der Waals surface area (Å²) in [5.74, 6) is -0.327. The molecular weight excluding hydrogens is 340 g/mol. The molecule has 2 aromatic rings. The van der Waals surface area contributed by atoms with Gasteiger partial charge >= 0.3 is 5.69 Å². The first-order valence-electron chi connectivity index (χ1n) is 7.48. The molecule has 3 rings (SSSR count). The fraction of sp³-hybridized carbons (Fsp3) is 0.176. The van der Waals surface area contributed by atoms with E-state index >= 15 is 0 Å². The molecule has 1 aromatic heterocycles. The lowest BCUT2D eigenvalue weighted by Gasteiger charge is -2.03. The van der Waals surface area contributed by atoms with Gasteiger partial charge in [-0.1, -0.05) is 12.1 Å². The normalized spacial score (nSPS) is 17.3. The maximum Gasteiger partial charge on any atom is 0.330 e. The molecule has 1 amide bonds. The van der Waals surface area contributed by atoms with Gasteiger partial charge in [-0.2, -0.15) is 0 Å². The highest BCUT2D eigenvalue weighted by molar-refractivity contribution is 8.18. The van der Waals surface area contributed by atoms with Crippen molar-refractivity contribution in [1.82, 2.24) is 14.5 Å². The average molecular weight is 356 g/mol. The van der Waals surface area contributed by atoms with Crippen LogP contribution in [0.2, 0.25) is 0 Å². The van der Waals surface area contributed by atoms with E-state index in [0.29, 0.717) is 10.1 Å². The van der Waals surface area contributed by atoms with Gasteiger partial charge < -0.3 is 9.88 Å². The van der Waals surface area contributed by atoms with Gasteiger partial charge in [0.05, 0.1) is 16.2 Å². The first-order valence-corrected chi connectivity index (χ1v) is 8.30. The summed E-state index contributed by atoms with van der Waals surface area (Å²) < 4.78 is 2.30. The van der Waals surface area contributed by atoms with Crippen LogP contribution in [0.3, 0.4) is 0 Å². The average Bonchev–Trinajstić information content (AvgIpc) is 2.90. The molecule has 1 aromatic carbocycles. The number of aryl methyl sites for hydroxylation is 2. The number of carbonyl (C=O) groups excluding carboxylic acids is 1. The molecule has 1 aliphatic heterocycles. The number of benzene rings is 1. The molecule has 25 heavy (non-hydrogen) atoms. The number of nitrogens with one attached hydrogen (secondary N) is 1. The SMILES string of the molecule is Cc1cccc(N=C2NC(=O)/C(=C/c3cn(C)c(=O)n(C)c3=O)S2)c1. The van der Waals surface area contributed by atoms with Gasteiger partial charge in [-0.15, -0.1) is 0 Å². The van der Waals surface area contributed by atoms with Crippen molar-refractivity contribution < 1.29 is 4.79 Å². The number of rotatable bonds is 2. The molecule has 128 valence electrons. The van der Waals surface area contributed by atoms with Crippen LogP contribution in [0.4, 0.5) is 5.69 Å². The standard InChI is InChI=1S/C17H16N4O3S/c1-10-5-4-6-12(7-10)18-16-19-14(22)13(25-16)8-11-9-20(2)17(24)21(3)15(11)23/h4-9H,1-3H3,(H,18,19,22)/b13-8-. The van der Waals surface area contributed by atoms with Crippen molar-refractivity contribution in [3.8, 4) is 0 Å². The Labute approximate surface area is 147 Å². The Morgan fingerprint density at radius 3 is 2.68 bits per heavy atom. The van der Waals surface area contributed by atoms with E-state index in [4.69, 9.17) is 0 Å². The zero-order chi connectivity index (χ0) is 18.1. The third-order valence-electron chi connectivity index (χ3n) is 3.64. The van der Waals surface area contributed by atoms with E-state index in [2.05, 4.69) is 10.3 Å². The smallest absolute Gasteiger partial charge is 0.303 e. The van der Waals surface area contributed by atoms with Crippen molar-refractivity contribution >= 4 is 34.6 Å². The van der Waals surface area contributed by atoms with Crippen LogP contribution >= 0.6 is 11.8 Å². The summed E-state index contributed by atoms with van der Waals surface area (Å²) in [5.41, 5.74) is 1.20.